The number of benzene rings is 1. The van der Waals surface area contributed by atoms with Crippen molar-refractivity contribution in [3.05, 3.63) is 44.2 Å². The first-order valence-electron chi connectivity index (χ1n) is 4.71. The molecule has 0 atom stereocenters. The summed E-state index contributed by atoms with van der Waals surface area (Å²) in [6.45, 7) is 0.511. The maximum absolute atomic E-state index is 5.70. The highest BCUT2D eigenvalue weighted by atomic mass is 127. The number of ether oxygens (including phenoxy) is 1. The summed E-state index contributed by atoms with van der Waals surface area (Å²) in [5.41, 5.74) is 1.03. The van der Waals surface area contributed by atoms with Crippen LogP contribution in [0.5, 0.6) is 5.75 Å². The van der Waals surface area contributed by atoms with E-state index in [1.54, 1.807) is 10.9 Å². The molecule has 16 heavy (non-hydrogen) atoms. The Morgan fingerprint density at radius 3 is 2.94 bits per heavy atom. The lowest BCUT2D eigenvalue weighted by atomic mass is 10.3. The molecule has 0 unspecified atom stereocenters. The van der Waals surface area contributed by atoms with Gasteiger partial charge in [-0.15, -0.1) is 0 Å². The van der Waals surface area contributed by atoms with E-state index in [-0.39, 0.29) is 0 Å². The number of aromatic nitrogens is 2. The second-order valence-electron chi connectivity index (χ2n) is 3.31. The van der Waals surface area contributed by atoms with Gasteiger partial charge in [0.25, 0.3) is 0 Å². The topological polar surface area (TPSA) is 27.1 Å². The molecule has 0 aliphatic rings. The summed E-state index contributed by atoms with van der Waals surface area (Å²) in [5, 5.41) is 4.13. The van der Waals surface area contributed by atoms with Crippen LogP contribution in [0.1, 0.15) is 5.69 Å². The minimum absolute atomic E-state index is 0.511. The minimum Gasteiger partial charge on any atom is -0.487 e. The Morgan fingerprint density at radius 1 is 1.50 bits per heavy atom. The van der Waals surface area contributed by atoms with E-state index in [1.165, 1.54) is 3.57 Å². The van der Waals surface area contributed by atoms with Crippen LogP contribution >= 0.6 is 38.5 Å². The molecule has 0 fully saturated rings. The Balaban J connectivity index is 2.08. The quantitative estimate of drug-likeness (QED) is 0.749. The largest absolute Gasteiger partial charge is 0.487 e. The second-order valence-corrected chi connectivity index (χ2v) is 5.41. The first-order chi connectivity index (χ1) is 7.66. The summed E-state index contributed by atoms with van der Waals surface area (Å²) in [5.74, 6) is 0.875. The Bertz CT molecular complexity index is 479. The molecule has 5 heteroatoms. The molecule has 0 aliphatic heterocycles. The monoisotopic (exact) mass is 392 g/mol. The number of hydrogen-bond acceptors (Lipinski definition) is 2. The van der Waals surface area contributed by atoms with Crippen molar-refractivity contribution in [2.75, 3.05) is 0 Å². The molecule has 3 nitrogen and oxygen atoms in total. The van der Waals surface area contributed by atoms with Gasteiger partial charge >= 0.3 is 0 Å². The molecule has 1 heterocycles. The van der Waals surface area contributed by atoms with Crippen molar-refractivity contribution < 1.29 is 4.74 Å². The summed E-state index contributed by atoms with van der Waals surface area (Å²) in [6.07, 6.45) is 1.77. The summed E-state index contributed by atoms with van der Waals surface area (Å²) in [6, 6.07) is 7.97. The maximum atomic E-state index is 5.70. The molecule has 2 rings (SSSR count). The smallest absolute Gasteiger partial charge is 0.131 e. The van der Waals surface area contributed by atoms with Crippen LogP contribution in [0.2, 0.25) is 0 Å². The number of halogens is 2. The molecule has 0 N–H and O–H groups in total. The van der Waals surface area contributed by atoms with Crippen LogP contribution in [0, 0.1) is 3.57 Å². The van der Waals surface area contributed by atoms with E-state index >= 15 is 0 Å². The molecule has 2 aromatic rings. The van der Waals surface area contributed by atoms with Crippen molar-refractivity contribution in [2.45, 2.75) is 6.61 Å². The summed E-state index contributed by atoms with van der Waals surface area (Å²) < 4.78 is 9.64. The van der Waals surface area contributed by atoms with Gasteiger partial charge in [0, 0.05) is 10.6 Å². The van der Waals surface area contributed by atoms with Crippen molar-refractivity contribution in [2.24, 2.45) is 7.05 Å². The van der Waals surface area contributed by atoms with Crippen LogP contribution in [0.15, 0.2) is 34.9 Å². The fourth-order valence-electron chi connectivity index (χ4n) is 1.31. The average molecular weight is 393 g/mol. The van der Waals surface area contributed by atoms with E-state index in [0.717, 1.165) is 15.9 Å². The Hall–Kier alpha value is -0.560. The lowest BCUT2D eigenvalue weighted by molar-refractivity contribution is 0.294. The number of rotatable bonds is 3. The molecule has 0 saturated heterocycles. The van der Waals surface area contributed by atoms with Gasteiger partial charge in [0.15, 0.2) is 0 Å². The van der Waals surface area contributed by atoms with Crippen LogP contribution in [-0.2, 0) is 13.7 Å². The Labute approximate surface area is 116 Å². The van der Waals surface area contributed by atoms with Crippen LogP contribution in [0.3, 0.4) is 0 Å². The molecule has 0 amide bonds. The fraction of sp³-hybridized carbons (Fsp3) is 0.182. The normalized spacial score (nSPS) is 10.4. The summed E-state index contributed by atoms with van der Waals surface area (Å²) in [7, 11) is 1.90. The molecule has 0 aliphatic carbocycles. The molecular formula is C11H10BrIN2O. The zero-order chi connectivity index (χ0) is 11.5. The third-order valence-electron chi connectivity index (χ3n) is 2.18. The summed E-state index contributed by atoms with van der Waals surface area (Å²) >= 11 is 5.71. The third kappa shape index (κ3) is 2.76. The van der Waals surface area contributed by atoms with E-state index < -0.39 is 0 Å². The van der Waals surface area contributed by atoms with Crippen LogP contribution < -0.4 is 4.74 Å². The predicted molar refractivity (Wildman–Crippen MR) is 74.4 cm³/mol. The first kappa shape index (κ1) is 11.9. The molecule has 0 spiro atoms. The van der Waals surface area contributed by atoms with E-state index in [0.29, 0.717) is 6.61 Å². The zero-order valence-corrected chi connectivity index (χ0v) is 12.4. The van der Waals surface area contributed by atoms with E-state index in [4.69, 9.17) is 4.74 Å². The molecule has 84 valence electrons. The number of nitrogens with zero attached hydrogens (tertiary/aromatic N) is 2. The highest BCUT2D eigenvalue weighted by Gasteiger charge is 2.06. The number of aryl methyl sites for hydroxylation is 1. The first-order valence-corrected chi connectivity index (χ1v) is 6.59. The highest BCUT2D eigenvalue weighted by Crippen LogP contribution is 2.19. The molecule has 0 radical (unpaired) electrons. The average Bonchev–Trinajstić information content (AvgIpc) is 2.56. The van der Waals surface area contributed by atoms with Crippen molar-refractivity contribution in [1.29, 1.82) is 0 Å². The predicted octanol–water partition coefficient (Wildman–Crippen LogP) is 3.37. The lowest BCUT2D eigenvalue weighted by Crippen LogP contribution is -2.03. The molecular weight excluding hydrogens is 383 g/mol. The fourth-order valence-corrected chi connectivity index (χ4v) is 2.28. The number of hydrogen-bond donors (Lipinski definition) is 0. The lowest BCUT2D eigenvalue weighted by Gasteiger charge is -2.07. The van der Waals surface area contributed by atoms with E-state index in [1.807, 2.05) is 31.3 Å². The van der Waals surface area contributed by atoms with Gasteiger partial charge in [-0.3, -0.25) is 4.68 Å². The SMILES string of the molecule is Cn1ncc(Br)c1COc1cccc(I)c1. The molecule has 0 saturated carbocycles. The standard InChI is InChI=1S/C11H10BrIN2O/c1-15-11(10(12)6-14-15)7-16-9-4-2-3-8(13)5-9/h2-6H,7H2,1H3. The van der Waals surface area contributed by atoms with Crippen molar-refractivity contribution in [3.8, 4) is 5.75 Å². The van der Waals surface area contributed by atoms with Crippen molar-refractivity contribution in [1.82, 2.24) is 9.78 Å². The van der Waals surface area contributed by atoms with Gasteiger partial charge in [-0.2, -0.15) is 5.10 Å². The van der Waals surface area contributed by atoms with E-state index in [9.17, 15) is 0 Å². The van der Waals surface area contributed by atoms with Gasteiger partial charge in [-0.05, 0) is 56.7 Å². The van der Waals surface area contributed by atoms with Gasteiger partial charge in [0.2, 0.25) is 0 Å². The highest BCUT2D eigenvalue weighted by molar-refractivity contribution is 14.1. The van der Waals surface area contributed by atoms with Gasteiger partial charge in [-0.1, -0.05) is 6.07 Å². The van der Waals surface area contributed by atoms with Crippen LogP contribution in [-0.4, -0.2) is 9.78 Å². The van der Waals surface area contributed by atoms with Crippen molar-refractivity contribution >= 4 is 38.5 Å². The zero-order valence-electron chi connectivity index (χ0n) is 8.65. The van der Waals surface area contributed by atoms with Gasteiger partial charge in [-0.25, -0.2) is 0 Å². The molecule has 1 aromatic carbocycles. The van der Waals surface area contributed by atoms with Gasteiger partial charge in [0.05, 0.1) is 16.4 Å². The minimum atomic E-state index is 0.511. The third-order valence-corrected chi connectivity index (χ3v) is 3.52. The van der Waals surface area contributed by atoms with Crippen LogP contribution in [0.25, 0.3) is 0 Å². The second kappa shape index (κ2) is 5.18. The van der Waals surface area contributed by atoms with Crippen LogP contribution in [0.4, 0.5) is 0 Å². The maximum Gasteiger partial charge on any atom is 0.131 e. The molecule has 0 bridgehead atoms. The van der Waals surface area contributed by atoms with Gasteiger partial charge in [0.1, 0.15) is 12.4 Å². The summed E-state index contributed by atoms with van der Waals surface area (Å²) in [4.78, 5) is 0. The Kier molecular flexibility index (Phi) is 3.86. The van der Waals surface area contributed by atoms with Gasteiger partial charge < -0.3 is 4.74 Å². The van der Waals surface area contributed by atoms with E-state index in [2.05, 4.69) is 43.6 Å². The van der Waals surface area contributed by atoms with Crippen molar-refractivity contribution in [3.63, 3.8) is 0 Å². The Morgan fingerprint density at radius 2 is 2.31 bits per heavy atom. The molecule has 1 aromatic heterocycles.